The van der Waals surface area contributed by atoms with Crippen molar-refractivity contribution in [3.8, 4) is 22.3 Å². The van der Waals surface area contributed by atoms with Crippen LogP contribution in [-0.4, -0.2) is 0 Å². The Morgan fingerprint density at radius 3 is 1.89 bits per heavy atom. The van der Waals surface area contributed by atoms with Crippen LogP contribution in [0.4, 0.5) is 17.1 Å². The molecule has 0 aliphatic heterocycles. The van der Waals surface area contributed by atoms with Crippen LogP contribution in [0.5, 0.6) is 0 Å². The van der Waals surface area contributed by atoms with Crippen molar-refractivity contribution in [3.05, 3.63) is 176 Å². The highest BCUT2D eigenvalue weighted by atomic mass is 16.3. The average molecular weight is 588 g/mol. The fourth-order valence-corrected chi connectivity index (χ4v) is 6.90. The van der Waals surface area contributed by atoms with E-state index in [0.29, 0.717) is 0 Å². The standard InChI is InChI=1S/C44H29NO/c1-2-11-31(12-3-1)38-16-6-8-19-41(38)45(34-25-21-32(22-26-34)37-18-10-14-30-13-4-5-15-36(30)37)35-27-23-33-24-28-43-44(40(33)29-35)39-17-7-9-20-42(39)46-43/h1-29H. The van der Waals surface area contributed by atoms with Gasteiger partial charge in [-0.2, -0.15) is 0 Å². The summed E-state index contributed by atoms with van der Waals surface area (Å²) in [6.45, 7) is 0. The number of benzene rings is 8. The second kappa shape index (κ2) is 10.8. The number of hydrogen-bond donors (Lipinski definition) is 0. The number of anilines is 3. The summed E-state index contributed by atoms with van der Waals surface area (Å²) >= 11 is 0. The van der Waals surface area contributed by atoms with E-state index < -0.39 is 0 Å². The molecule has 0 fully saturated rings. The molecule has 0 N–H and O–H groups in total. The molecule has 2 heteroatoms. The van der Waals surface area contributed by atoms with Crippen LogP contribution in [-0.2, 0) is 0 Å². The first-order valence-corrected chi connectivity index (χ1v) is 15.7. The minimum absolute atomic E-state index is 0.904. The van der Waals surface area contributed by atoms with Gasteiger partial charge in [0, 0.05) is 27.7 Å². The summed E-state index contributed by atoms with van der Waals surface area (Å²) in [5.41, 5.74) is 9.90. The van der Waals surface area contributed by atoms with E-state index in [1.807, 2.05) is 12.1 Å². The van der Waals surface area contributed by atoms with Gasteiger partial charge < -0.3 is 9.32 Å². The van der Waals surface area contributed by atoms with E-state index in [9.17, 15) is 0 Å². The summed E-state index contributed by atoms with van der Waals surface area (Å²) in [4.78, 5) is 2.38. The summed E-state index contributed by atoms with van der Waals surface area (Å²) in [5.74, 6) is 0. The Kier molecular flexibility index (Phi) is 6.17. The Labute approximate surface area is 267 Å². The van der Waals surface area contributed by atoms with E-state index >= 15 is 0 Å². The second-order valence-corrected chi connectivity index (χ2v) is 11.7. The number of rotatable bonds is 5. The Balaban J connectivity index is 1.26. The molecule has 0 spiro atoms. The Morgan fingerprint density at radius 1 is 0.370 bits per heavy atom. The number of para-hydroxylation sites is 2. The van der Waals surface area contributed by atoms with Gasteiger partial charge in [-0.15, -0.1) is 0 Å². The molecule has 2 nitrogen and oxygen atoms in total. The van der Waals surface area contributed by atoms with Crippen molar-refractivity contribution in [1.82, 2.24) is 0 Å². The van der Waals surface area contributed by atoms with Crippen molar-refractivity contribution < 1.29 is 4.42 Å². The summed E-state index contributed by atoms with van der Waals surface area (Å²) in [7, 11) is 0. The molecule has 0 atom stereocenters. The van der Waals surface area contributed by atoms with Gasteiger partial charge in [0.2, 0.25) is 0 Å². The zero-order valence-electron chi connectivity index (χ0n) is 25.1. The zero-order chi connectivity index (χ0) is 30.5. The van der Waals surface area contributed by atoms with Gasteiger partial charge in [-0.1, -0.05) is 133 Å². The van der Waals surface area contributed by atoms with Crippen LogP contribution in [0.2, 0.25) is 0 Å². The minimum atomic E-state index is 0.904. The summed E-state index contributed by atoms with van der Waals surface area (Å²) in [6.07, 6.45) is 0. The lowest BCUT2D eigenvalue weighted by Crippen LogP contribution is -2.11. The fourth-order valence-electron chi connectivity index (χ4n) is 6.90. The molecule has 0 saturated carbocycles. The van der Waals surface area contributed by atoms with Crippen LogP contribution in [0.15, 0.2) is 180 Å². The molecule has 46 heavy (non-hydrogen) atoms. The second-order valence-electron chi connectivity index (χ2n) is 11.7. The predicted octanol–water partition coefficient (Wildman–Crippen LogP) is 12.7. The van der Waals surface area contributed by atoms with Crippen molar-refractivity contribution in [2.45, 2.75) is 0 Å². The quantitative estimate of drug-likeness (QED) is 0.199. The van der Waals surface area contributed by atoms with Gasteiger partial charge >= 0.3 is 0 Å². The normalized spacial score (nSPS) is 11.5. The molecule has 0 bridgehead atoms. The Morgan fingerprint density at radius 2 is 1.00 bits per heavy atom. The van der Waals surface area contributed by atoms with Gasteiger partial charge in [0.05, 0.1) is 5.69 Å². The monoisotopic (exact) mass is 587 g/mol. The smallest absolute Gasteiger partial charge is 0.136 e. The summed E-state index contributed by atoms with van der Waals surface area (Å²) in [6, 6.07) is 62.8. The average Bonchev–Trinajstić information content (AvgIpc) is 3.52. The van der Waals surface area contributed by atoms with Gasteiger partial charge in [-0.05, 0) is 80.7 Å². The molecular weight excluding hydrogens is 558 g/mol. The largest absolute Gasteiger partial charge is 0.456 e. The molecule has 0 amide bonds. The molecule has 1 aromatic heterocycles. The zero-order valence-corrected chi connectivity index (χ0v) is 25.1. The van der Waals surface area contributed by atoms with Gasteiger partial charge in [-0.25, -0.2) is 0 Å². The molecule has 0 radical (unpaired) electrons. The van der Waals surface area contributed by atoms with Crippen molar-refractivity contribution in [3.63, 3.8) is 0 Å². The lowest BCUT2D eigenvalue weighted by molar-refractivity contribution is 0.669. The predicted molar refractivity (Wildman–Crippen MR) is 194 cm³/mol. The van der Waals surface area contributed by atoms with E-state index in [1.165, 1.54) is 43.8 Å². The first kappa shape index (κ1) is 26.3. The third-order valence-corrected chi connectivity index (χ3v) is 9.06. The number of furan rings is 1. The van der Waals surface area contributed by atoms with Crippen molar-refractivity contribution in [2.24, 2.45) is 0 Å². The van der Waals surface area contributed by atoms with Crippen molar-refractivity contribution in [2.75, 3.05) is 4.90 Å². The topological polar surface area (TPSA) is 16.4 Å². The molecule has 9 rings (SSSR count). The highest BCUT2D eigenvalue weighted by Crippen LogP contribution is 2.44. The minimum Gasteiger partial charge on any atom is -0.456 e. The number of fused-ring (bicyclic) bond motifs is 6. The van der Waals surface area contributed by atoms with Gasteiger partial charge in [0.25, 0.3) is 0 Å². The van der Waals surface area contributed by atoms with Crippen LogP contribution in [0.25, 0.3) is 65.7 Å². The van der Waals surface area contributed by atoms with Gasteiger partial charge in [0.1, 0.15) is 11.2 Å². The molecule has 0 aliphatic rings. The van der Waals surface area contributed by atoms with E-state index in [4.69, 9.17) is 4.42 Å². The third kappa shape index (κ3) is 4.35. The first-order valence-electron chi connectivity index (χ1n) is 15.7. The van der Waals surface area contributed by atoms with Crippen molar-refractivity contribution in [1.29, 1.82) is 0 Å². The molecule has 0 saturated heterocycles. The van der Waals surface area contributed by atoms with Gasteiger partial charge in [0.15, 0.2) is 0 Å². The first-order chi connectivity index (χ1) is 22.8. The third-order valence-electron chi connectivity index (χ3n) is 9.06. The SMILES string of the molecule is c1ccc(-c2ccccc2N(c2ccc(-c3cccc4ccccc34)cc2)c2ccc3ccc4oc5ccccc5c4c3c2)cc1. The summed E-state index contributed by atoms with van der Waals surface area (Å²) in [5, 5.41) is 7.15. The Hall–Kier alpha value is -6.12. The highest BCUT2D eigenvalue weighted by molar-refractivity contribution is 6.19. The maximum Gasteiger partial charge on any atom is 0.136 e. The van der Waals surface area contributed by atoms with Crippen LogP contribution >= 0.6 is 0 Å². The lowest BCUT2D eigenvalue weighted by atomic mass is 9.97. The van der Waals surface area contributed by atoms with Crippen molar-refractivity contribution >= 4 is 60.5 Å². The molecule has 1 heterocycles. The fraction of sp³-hybridized carbons (Fsp3) is 0. The van der Waals surface area contributed by atoms with Crippen LogP contribution in [0.3, 0.4) is 0 Å². The molecule has 0 unspecified atom stereocenters. The molecular formula is C44H29NO. The lowest BCUT2D eigenvalue weighted by Gasteiger charge is -2.28. The maximum absolute atomic E-state index is 6.28. The molecule has 8 aromatic carbocycles. The van der Waals surface area contributed by atoms with Crippen LogP contribution in [0.1, 0.15) is 0 Å². The van der Waals surface area contributed by atoms with Gasteiger partial charge in [-0.3, -0.25) is 0 Å². The molecule has 0 aliphatic carbocycles. The van der Waals surface area contributed by atoms with Crippen LogP contribution in [0, 0.1) is 0 Å². The van der Waals surface area contributed by atoms with E-state index in [0.717, 1.165) is 39.0 Å². The number of nitrogens with zero attached hydrogens (tertiary/aromatic N) is 1. The maximum atomic E-state index is 6.28. The highest BCUT2D eigenvalue weighted by Gasteiger charge is 2.19. The molecule has 216 valence electrons. The Bertz CT molecular complexity index is 2520. The van der Waals surface area contributed by atoms with E-state index in [-0.39, 0.29) is 0 Å². The van der Waals surface area contributed by atoms with E-state index in [1.54, 1.807) is 0 Å². The molecule has 9 aromatic rings. The number of hydrogen-bond acceptors (Lipinski definition) is 2. The van der Waals surface area contributed by atoms with Crippen LogP contribution < -0.4 is 4.90 Å². The summed E-state index contributed by atoms with van der Waals surface area (Å²) < 4.78 is 6.28. The van der Waals surface area contributed by atoms with E-state index in [2.05, 4.69) is 169 Å².